The van der Waals surface area contributed by atoms with Gasteiger partial charge in [0.1, 0.15) is 0 Å². The first-order valence-corrected chi connectivity index (χ1v) is 6.35. The third-order valence-corrected chi connectivity index (χ3v) is 3.56. The number of allylic oxidation sites excluding steroid dienone is 4. The predicted octanol–water partition coefficient (Wildman–Crippen LogP) is 4.29. The van der Waals surface area contributed by atoms with Gasteiger partial charge in [0.2, 0.25) is 0 Å². The number of hydrogen-bond acceptors (Lipinski definition) is 1. The Bertz CT molecular complexity index is 307. The second-order valence-electron chi connectivity index (χ2n) is 5.53. The molecule has 0 amide bonds. The molecule has 0 saturated carbocycles. The van der Waals surface area contributed by atoms with Gasteiger partial charge in [-0.1, -0.05) is 38.5 Å². The zero-order valence-electron chi connectivity index (χ0n) is 11.0. The number of rotatable bonds is 4. The molecule has 1 unspecified atom stereocenters. The van der Waals surface area contributed by atoms with Gasteiger partial charge in [-0.25, -0.2) is 0 Å². The van der Waals surface area contributed by atoms with E-state index >= 15 is 0 Å². The van der Waals surface area contributed by atoms with E-state index in [1.54, 1.807) is 6.08 Å². The van der Waals surface area contributed by atoms with Crippen molar-refractivity contribution in [2.45, 2.75) is 53.4 Å². The first kappa shape index (κ1) is 13.2. The van der Waals surface area contributed by atoms with Gasteiger partial charge >= 0.3 is 0 Å². The summed E-state index contributed by atoms with van der Waals surface area (Å²) < 4.78 is 0. The lowest BCUT2D eigenvalue weighted by Crippen LogP contribution is -2.26. The standard InChI is InChI=1S/C15H24O/c1-5-7-13(16)9-10-14-12(2)8-6-11-15(14,3)4/h8-10,14H,5-7,11H2,1-4H3/b10-9+. The van der Waals surface area contributed by atoms with Crippen molar-refractivity contribution in [3.05, 3.63) is 23.8 Å². The predicted molar refractivity (Wildman–Crippen MR) is 69.3 cm³/mol. The lowest BCUT2D eigenvalue weighted by molar-refractivity contribution is -0.114. The van der Waals surface area contributed by atoms with E-state index in [1.807, 2.05) is 6.92 Å². The highest BCUT2D eigenvalue weighted by molar-refractivity contribution is 5.89. The summed E-state index contributed by atoms with van der Waals surface area (Å²) in [5.41, 5.74) is 1.71. The fourth-order valence-electron chi connectivity index (χ4n) is 2.52. The molecule has 0 aromatic heterocycles. The van der Waals surface area contributed by atoms with Gasteiger partial charge in [-0.05, 0) is 37.7 Å². The minimum absolute atomic E-state index is 0.261. The Labute approximate surface area is 99.6 Å². The highest BCUT2D eigenvalue weighted by Crippen LogP contribution is 2.41. The van der Waals surface area contributed by atoms with Gasteiger partial charge in [0.05, 0.1) is 0 Å². The molecule has 0 saturated heterocycles. The van der Waals surface area contributed by atoms with Crippen LogP contribution in [0.4, 0.5) is 0 Å². The van der Waals surface area contributed by atoms with Crippen molar-refractivity contribution in [2.24, 2.45) is 11.3 Å². The zero-order chi connectivity index (χ0) is 12.2. The van der Waals surface area contributed by atoms with Crippen LogP contribution in [0.25, 0.3) is 0 Å². The van der Waals surface area contributed by atoms with Gasteiger partial charge in [0, 0.05) is 12.3 Å². The second-order valence-corrected chi connectivity index (χ2v) is 5.53. The molecule has 1 aliphatic carbocycles. The first-order valence-electron chi connectivity index (χ1n) is 6.35. The molecule has 0 bridgehead atoms. The maximum Gasteiger partial charge on any atom is 0.155 e. The Hall–Kier alpha value is -0.850. The Kier molecular flexibility index (Phi) is 4.52. The van der Waals surface area contributed by atoms with Crippen LogP contribution in [-0.4, -0.2) is 5.78 Å². The molecular formula is C15H24O. The van der Waals surface area contributed by atoms with E-state index in [2.05, 4.69) is 32.9 Å². The number of ketones is 1. The number of carbonyl (C=O) groups excluding carboxylic acids is 1. The van der Waals surface area contributed by atoms with Crippen molar-refractivity contribution in [2.75, 3.05) is 0 Å². The normalized spacial score (nSPS) is 24.5. The summed E-state index contributed by atoms with van der Waals surface area (Å²) in [6, 6.07) is 0. The molecule has 1 nitrogen and oxygen atoms in total. The molecule has 0 aliphatic heterocycles. The summed E-state index contributed by atoms with van der Waals surface area (Å²) in [5, 5.41) is 0. The first-order chi connectivity index (χ1) is 7.47. The maximum atomic E-state index is 11.5. The molecule has 1 aliphatic rings. The number of hydrogen-bond donors (Lipinski definition) is 0. The Morgan fingerprint density at radius 3 is 2.81 bits per heavy atom. The molecule has 1 atom stereocenters. The molecule has 0 aromatic rings. The fraction of sp³-hybridized carbons (Fsp3) is 0.667. The van der Waals surface area contributed by atoms with Crippen molar-refractivity contribution in [1.82, 2.24) is 0 Å². The lowest BCUT2D eigenvalue weighted by Gasteiger charge is -2.36. The maximum absolute atomic E-state index is 11.5. The molecule has 0 radical (unpaired) electrons. The van der Waals surface area contributed by atoms with Gasteiger partial charge in [-0.3, -0.25) is 4.79 Å². The van der Waals surface area contributed by atoms with E-state index in [0.29, 0.717) is 17.8 Å². The summed E-state index contributed by atoms with van der Waals surface area (Å²) in [6.45, 7) is 8.81. The Morgan fingerprint density at radius 2 is 2.25 bits per heavy atom. The minimum atomic E-state index is 0.261. The van der Waals surface area contributed by atoms with Crippen LogP contribution in [0.5, 0.6) is 0 Å². The molecule has 0 aromatic carbocycles. The van der Waals surface area contributed by atoms with Crippen LogP contribution in [0.1, 0.15) is 53.4 Å². The fourth-order valence-corrected chi connectivity index (χ4v) is 2.52. The monoisotopic (exact) mass is 220 g/mol. The molecule has 1 heteroatoms. The highest BCUT2D eigenvalue weighted by Gasteiger charge is 2.30. The molecule has 16 heavy (non-hydrogen) atoms. The molecule has 0 fully saturated rings. The van der Waals surface area contributed by atoms with Crippen LogP contribution in [0.3, 0.4) is 0 Å². The van der Waals surface area contributed by atoms with Gasteiger partial charge < -0.3 is 0 Å². The molecule has 90 valence electrons. The second kappa shape index (κ2) is 5.47. The van der Waals surface area contributed by atoms with Crippen LogP contribution in [0, 0.1) is 11.3 Å². The summed E-state index contributed by atoms with van der Waals surface area (Å²) in [4.78, 5) is 11.5. The quantitative estimate of drug-likeness (QED) is 0.510. The van der Waals surface area contributed by atoms with Crippen molar-refractivity contribution >= 4 is 5.78 Å². The average Bonchev–Trinajstić information content (AvgIpc) is 2.16. The van der Waals surface area contributed by atoms with Crippen LogP contribution >= 0.6 is 0 Å². The van der Waals surface area contributed by atoms with Crippen LogP contribution in [0.2, 0.25) is 0 Å². The zero-order valence-corrected chi connectivity index (χ0v) is 11.0. The topological polar surface area (TPSA) is 17.1 Å². The van der Waals surface area contributed by atoms with Crippen LogP contribution in [0.15, 0.2) is 23.8 Å². The van der Waals surface area contributed by atoms with Crippen molar-refractivity contribution in [1.29, 1.82) is 0 Å². The van der Waals surface area contributed by atoms with E-state index in [0.717, 1.165) is 6.42 Å². The van der Waals surface area contributed by atoms with Gasteiger partial charge in [-0.15, -0.1) is 0 Å². The summed E-state index contributed by atoms with van der Waals surface area (Å²) >= 11 is 0. The summed E-state index contributed by atoms with van der Waals surface area (Å²) in [7, 11) is 0. The van der Waals surface area contributed by atoms with Crippen molar-refractivity contribution < 1.29 is 4.79 Å². The van der Waals surface area contributed by atoms with Gasteiger partial charge in [0.15, 0.2) is 5.78 Å². The Balaban J connectivity index is 2.73. The van der Waals surface area contributed by atoms with Crippen molar-refractivity contribution in [3.63, 3.8) is 0 Å². The SMILES string of the molecule is CCCC(=O)/C=C/C1C(C)=CCCC1(C)C. The molecule has 0 spiro atoms. The third-order valence-electron chi connectivity index (χ3n) is 3.56. The summed E-state index contributed by atoms with van der Waals surface area (Å²) in [5.74, 6) is 0.693. The third kappa shape index (κ3) is 3.33. The van der Waals surface area contributed by atoms with Gasteiger partial charge in [0.25, 0.3) is 0 Å². The molecular weight excluding hydrogens is 196 g/mol. The average molecular weight is 220 g/mol. The molecule has 1 rings (SSSR count). The minimum Gasteiger partial charge on any atom is -0.295 e. The largest absolute Gasteiger partial charge is 0.295 e. The van der Waals surface area contributed by atoms with Gasteiger partial charge in [-0.2, -0.15) is 0 Å². The number of carbonyl (C=O) groups is 1. The van der Waals surface area contributed by atoms with Crippen molar-refractivity contribution in [3.8, 4) is 0 Å². The van der Waals surface area contributed by atoms with E-state index in [-0.39, 0.29) is 5.78 Å². The van der Waals surface area contributed by atoms with Crippen LogP contribution in [-0.2, 0) is 4.79 Å². The van der Waals surface area contributed by atoms with E-state index < -0.39 is 0 Å². The van der Waals surface area contributed by atoms with E-state index in [9.17, 15) is 4.79 Å². The lowest BCUT2D eigenvalue weighted by atomic mass is 9.68. The van der Waals surface area contributed by atoms with E-state index in [4.69, 9.17) is 0 Å². The molecule has 0 N–H and O–H groups in total. The van der Waals surface area contributed by atoms with E-state index in [1.165, 1.54) is 18.4 Å². The van der Waals surface area contributed by atoms with Crippen LogP contribution < -0.4 is 0 Å². The Morgan fingerprint density at radius 1 is 1.56 bits per heavy atom. The smallest absolute Gasteiger partial charge is 0.155 e. The summed E-state index contributed by atoms with van der Waals surface area (Å²) in [6.07, 6.45) is 10.2. The molecule has 0 heterocycles. The highest BCUT2D eigenvalue weighted by atomic mass is 16.1.